The molecule has 1 aromatic rings. The fraction of sp³-hybridized carbons (Fsp3) is 0.500. The van der Waals surface area contributed by atoms with Gasteiger partial charge in [0.05, 0.1) is 0 Å². The Morgan fingerprint density at radius 1 is 1.04 bits per heavy atom. The first-order valence-corrected chi connectivity index (χ1v) is 7.83. The maximum atomic E-state index is 12.7. The number of halogens is 3. The largest absolute Gasteiger partial charge is 0.471 e. The highest BCUT2D eigenvalue weighted by Gasteiger charge is 2.46. The number of alkyl halides is 3. The number of nitrogens with one attached hydrogen (secondary N) is 1. The van der Waals surface area contributed by atoms with Crippen LogP contribution in [0.5, 0.6) is 0 Å². The average molecular weight is 373 g/mol. The molecular formula is C18H22F3NO4. The molecule has 1 N–H and O–H groups in total. The zero-order valence-corrected chi connectivity index (χ0v) is 15.5. The molecule has 1 aromatic carbocycles. The van der Waals surface area contributed by atoms with Gasteiger partial charge < -0.3 is 10.1 Å². The van der Waals surface area contributed by atoms with Crippen molar-refractivity contribution in [2.75, 3.05) is 5.32 Å². The van der Waals surface area contributed by atoms with Gasteiger partial charge in [-0.3, -0.25) is 14.4 Å². The van der Waals surface area contributed by atoms with E-state index >= 15 is 0 Å². The maximum absolute atomic E-state index is 12.7. The summed E-state index contributed by atoms with van der Waals surface area (Å²) in [4.78, 5) is 36.3. The molecule has 0 unspecified atom stereocenters. The molecule has 0 saturated heterocycles. The maximum Gasteiger partial charge on any atom is 0.471 e. The Hall–Kier alpha value is -2.38. The van der Waals surface area contributed by atoms with Gasteiger partial charge in [-0.05, 0) is 47.6 Å². The lowest BCUT2D eigenvalue weighted by atomic mass is 9.77. The molecule has 1 amide bonds. The van der Waals surface area contributed by atoms with E-state index in [1.165, 1.54) is 25.1 Å². The lowest BCUT2D eigenvalue weighted by Crippen LogP contribution is -2.45. The Bertz CT molecular complexity index is 735. The second-order valence-electron chi connectivity index (χ2n) is 7.18. The summed E-state index contributed by atoms with van der Waals surface area (Å²) in [7, 11) is 0. The number of aryl methyl sites for hydroxylation is 1. The molecule has 0 saturated carbocycles. The summed E-state index contributed by atoms with van der Waals surface area (Å²) in [5, 5.41) is 1.73. The van der Waals surface area contributed by atoms with Gasteiger partial charge in [0, 0.05) is 11.3 Å². The fourth-order valence-corrected chi connectivity index (χ4v) is 2.20. The van der Waals surface area contributed by atoms with Crippen LogP contribution in [-0.4, -0.2) is 29.4 Å². The zero-order chi connectivity index (χ0) is 20.5. The summed E-state index contributed by atoms with van der Waals surface area (Å²) in [6.45, 7) is 8.87. The van der Waals surface area contributed by atoms with Gasteiger partial charge in [-0.2, -0.15) is 13.2 Å². The molecule has 0 radical (unpaired) electrons. The van der Waals surface area contributed by atoms with E-state index in [0.717, 1.165) is 6.92 Å². The van der Waals surface area contributed by atoms with Crippen molar-refractivity contribution in [3.05, 3.63) is 29.3 Å². The summed E-state index contributed by atoms with van der Waals surface area (Å²) >= 11 is 0. The van der Waals surface area contributed by atoms with Gasteiger partial charge in [0.15, 0.2) is 5.78 Å². The van der Waals surface area contributed by atoms with E-state index in [9.17, 15) is 27.6 Å². The van der Waals surface area contributed by atoms with E-state index in [2.05, 4.69) is 0 Å². The van der Waals surface area contributed by atoms with Crippen molar-refractivity contribution in [2.24, 2.45) is 0 Å². The molecule has 0 aromatic heterocycles. The standard InChI is InChI=1S/C18H22F3NO4/c1-10-7-8-13(22-14(24)18(19,20)21)12(9-10)17(6,11(2)23)15(25)26-16(3,4)5/h7-9H,1-6H3,(H,22,24)/t17-/m1/s1. The number of ether oxygens (including phenoxy) is 1. The number of amides is 1. The SMILES string of the molecule is CC(=O)[C@@](C)(C(=O)OC(C)(C)C)c1cc(C)ccc1NC(=O)C(F)(F)F. The van der Waals surface area contributed by atoms with Crippen LogP contribution in [0.4, 0.5) is 18.9 Å². The number of rotatable bonds is 4. The van der Waals surface area contributed by atoms with Crippen LogP contribution in [-0.2, 0) is 24.5 Å². The lowest BCUT2D eigenvalue weighted by molar-refractivity contribution is -0.167. The van der Waals surface area contributed by atoms with E-state index in [1.807, 2.05) is 0 Å². The zero-order valence-electron chi connectivity index (χ0n) is 15.5. The summed E-state index contributed by atoms with van der Waals surface area (Å²) < 4.78 is 43.1. The Morgan fingerprint density at radius 3 is 2.00 bits per heavy atom. The van der Waals surface area contributed by atoms with Gasteiger partial charge >= 0.3 is 18.1 Å². The highest BCUT2D eigenvalue weighted by atomic mass is 19.4. The van der Waals surface area contributed by atoms with Crippen LogP contribution in [0.3, 0.4) is 0 Å². The van der Waals surface area contributed by atoms with Crippen LogP contribution in [0, 0.1) is 6.92 Å². The Morgan fingerprint density at radius 2 is 1.58 bits per heavy atom. The highest BCUT2D eigenvalue weighted by Crippen LogP contribution is 2.35. The lowest BCUT2D eigenvalue weighted by Gasteiger charge is -2.31. The molecule has 26 heavy (non-hydrogen) atoms. The Balaban J connectivity index is 3.52. The van der Waals surface area contributed by atoms with Crippen molar-refractivity contribution in [1.82, 2.24) is 0 Å². The Kier molecular flexibility index (Phi) is 5.91. The van der Waals surface area contributed by atoms with Crippen LogP contribution >= 0.6 is 0 Å². The fourth-order valence-electron chi connectivity index (χ4n) is 2.20. The van der Waals surface area contributed by atoms with E-state index in [1.54, 1.807) is 33.0 Å². The van der Waals surface area contributed by atoms with Gasteiger partial charge in [0.25, 0.3) is 0 Å². The number of carbonyl (C=O) groups excluding carboxylic acids is 3. The monoisotopic (exact) mass is 373 g/mol. The number of esters is 1. The molecule has 5 nitrogen and oxygen atoms in total. The molecule has 1 atom stereocenters. The van der Waals surface area contributed by atoms with Gasteiger partial charge in [0.2, 0.25) is 0 Å². The minimum Gasteiger partial charge on any atom is -0.459 e. The molecule has 1 rings (SSSR count). The molecule has 8 heteroatoms. The normalized spacial score (nSPS) is 14.3. The molecule has 144 valence electrons. The van der Waals surface area contributed by atoms with Crippen molar-refractivity contribution in [3.8, 4) is 0 Å². The third-order valence-electron chi connectivity index (χ3n) is 3.73. The molecular weight excluding hydrogens is 351 g/mol. The summed E-state index contributed by atoms with van der Waals surface area (Å²) in [5.41, 5.74) is -2.53. The van der Waals surface area contributed by atoms with Gasteiger partial charge in [0.1, 0.15) is 11.0 Å². The summed E-state index contributed by atoms with van der Waals surface area (Å²) in [5.74, 6) is -3.73. The number of ketones is 1. The quantitative estimate of drug-likeness (QED) is 0.645. The van der Waals surface area contributed by atoms with E-state index in [0.29, 0.717) is 5.56 Å². The predicted octanol–water partition coefficient (Wildman–Crippen LogP) is 3.68. The molecule has 0 fully saturated rings. The van der Waals surface area contributed by atoms with Crippen LogP contribution in [0.15, 0.2) is 18.2 Å². The molecule has 0 spiro atoms. The van der Waals surface area contributed by atoms with Crippen molar-refractivity contribution >= 4 is 23.3 Å². The molecule has 0 aliphatic heterocycles. The number of carbonyl (C=O) groups is 3. The summed E-state index contributed by atoms with van der Waals surface area (Å²) in [6, 6.07) is 4.07. The second-order valence-corrected chi connectivity index (χ2v) is 7.18. The molecule has 0 aliphatic rings. The van der Waals surface area contributed by atoms with E-state index < -0.39 is 34.9 Å². The van der Waals surface area contributed by atoms with Gasteiger partial charge in [-0.1, -0.05) is 17.7 Å². The number of hydrogen-bond donors (Lipinski definition) is 1. The van der Waals surface area contributed by atoms with E-state index in [4.69, 9.17) is 4.74 Å². The van der Waals surface area contributed by atoms with Crippen molar-refractivity contribution in [1.29, 1.82) is 0 Å². The molecule has 0 bridgehead atoms. The number of benzene rings is 1. The van der Waals surface area contributed by atoms with Crippen molar-refractivity contribution in [3.63, 3.8) is 0 Å². The number of Topliss-reactive ketones (excluding diaryl/α,β-unsaturated/α-hetero) is 1. The molecule has 0 heterocycles. The summed E-state index contributed by atoms with van der Waals surface area (Å²) in [6.07, 6.45) is -5.11. The Labute approximate surface area is 149 Å². The minimum atomic E-state index is -5.11. The first kappa shape index (κ1) is 21.7. The average Bonchev–Trinajstić information content (AvgIpc) is 2.45. The first-order chi connectivity index (χ1) is 11.6. The van der Waals surface area contributed by atoms with Crippen LogP contribution < -0.4 is 5.32 Å². The van der Waals surface area contributed by atoms with Crippen LogP contribution in [0.1, 0.15) is 45.7 Å². The van der Waals surface area contributed by atoms with Gasteiger partial charge in [-0.25, -0.2) is 0 Å². The third-order valence-corrected chi connectivity index (χ3v) is 3.73. The van der Waals surface area contributed by atoms with Gasteiger partial charge in [-0.15, -0.1) is 0 Å². The van der Waals surface area contributed by atoms with Crippen molar-refractivity contribution in [2.45, 2.75) is 58.7 Å². The first-order valence-electron chi connectivity index (χ1n) is 7.83. The smallest absolute Gasteiger partial charge is 0.459 e. The topological polar surface area (TPSA) is 72.5 Å². The van der Waals surface area contributed by atoms with Crippen molar-refractivity contribution < 1.29 is 32.3 Å². The predicted molar refractivity (Wildman–Crippen MR) is 89.7 cm³/mol. The highest BCUT2D eigenvalue weighted by molar-refractivity contribution is 6.10. The minimum absolute atomic E-state index is 0.0585. The van der Waals surface area contributed by atoms with Crippen LogP contribution in [0.2, 0.25) is 0 Å². The number of anilines is 1. The van der Waals surface area contributed by atoms with E-state index in [-0.39, 0.29) is 11.3 Å². The second kappa shape index (κ2) is 7.09. The van der Waals surface area contributed by atoms with Crippen LogP contribution in [0.25, 0.3) is 0 Å². The third kappa shape index (κ3) is 4.83. The molecule has 0 aliphatic carbocycles. The number of hydrogen-bond acceptors (Lipinski definition) is 4.